The number of benzene rings is 1. The fraction of sp³-hybridized carbons (Fsp3) is 0.294. The summed E-state index contributed by atoms with van der Waals surface area (Å²) in [6.45, 7) is 2.67. The van der Waals surface area contributed by atoms with Gasteiger partial charge < -0.3 is 9.47 Å². The molecule has 1 aromatic heterocycles. The van der Waals surface area contributed by atoms with Crippen molar-refractivity contribution in [3.63, 3.8) is 0 Å². The lowest BCUT2D eigenvalue weighted by Crippen LogP contribution is -2.39. The zero-order chi connectivity index (χ0) is 15.7. The molecule has 1 amide bonds. The van der Waals surface area contributed by atoms with Crippen LogP contribution in [0.25, 0.3) is 0 Å². The third-order valence-corrected chi connectivity index (χ3v) is 4.46. The van der Waals surface area contributed by atoms with Crippen LogP contribution in [0.4, 0.5) is 5.69 Å². The molecule has 0 saturated heterocycles. The Labute approximate surface area is 137 Å². The average molecular weight is 361 g/mol. The molecule has 3 rings (SSSR count). The number of carbonyl (C=O) groups excluding carboxylic acids is 1. The molecular formula is C17H17BrN2O2. The number of pyridine rings is 1. The Kier molecular flexibility index (Phi) is 4.16. The molecule has 2 aromatic rings. The van der Waals surface area contributed by atoms with E-state index in [2.05, 4.69) is 22.0 Å². The van der Waals surface area contributed by atoms with Gasteiger partial charge in [0.25, 0.3) is 5.56 Å². The van der Waals surface area contributed by atoms with E-state index < -0.39 is 0 Å². The highest BCUT2D eigenvalue weighted by atomic mass is 79.9. The van der Waals surface area contributed by atoms with Crippen molar-refractivity contribution < 1.29 is 4.79 Å². The molecule has 114 valence electrons. The van der Waals surface area contributed by atoms with Gasteiger partial charge in [0.2, 0.25) is 5.91 Å². The summed E-state index contributed by atoms with van der Waals surface area (Å²) in [4.78, 5) is 26.6. The number of para-hydroxylation sites is 1. The zero-order valence-corrected chi connectivity index (χ0v) is 14.0. The van der Waals surface area contributed by atoms with E-state index in [0.29, 0.717) is 11.0 Å². The van der Waals surface area contributed by atoms with Crippen LogP contribution in [-0.4, -0.2) is 17.0 Å². The highest BCUT2D eigenvalue weighted by Crippen LogP contribution is 2.26. The van der Waals surface area contributed by atoms with Crippen LogP contribution < -0.4 is 10.5 Å². The lowest BCUT2D eigenvalue weighted by molar-refractivity contribution is -0.119. The minimum atomic E-state index is -0.177. The topological polar surface area (TPSA) is 42.3 Å². The number of carbonyl (C=O) groups is 1. The van der Waals surface area contributed by atoms with Crippen molar-refractivity contribution in [2.24, 2.45) is 0 Å². The SMILES string of the molecule is Cc1cc(Br)c(=O)n(CC(=O)N2CCCc3ccccc32)c1. The van der Waals surface area contributed by atoms with Gasteiger partial charge in [0.15, 0.2) is 0 Å². The molecule has 1 aliphatic heterocycles. The van der Waals surface area contributed by atoms with E-state index in [1.807, 2.05) is 25.1 Å². The number of nitrogens with zero attached hydrogens (tertiary/aromatic N) is 2. The molecule has 0 saturated carbocycles. The number of hydrogen-bond acceptors (Lipinski definition) is 2. The van der Waals surface area contributed by atoms with E-state index in [1.165, 1.54) is 10.1 Å². The Morgan fingerprint density at radius 1 is 1.32 bits per heavy atom. The molecule has 0 fully saturated rings. The summed E-state index contributed by atoms with van der Waals surface area (Å²) >= 11 is 3.25. The third-order valence-electron chi connectivity index (χ3n) is 3.90. The van der Waals surface area contributed by atoms with Crippen molar-refractivity contribution in [1.82, 2.24) is 4.57 Å². The summed E-state index contributed by atoms with van der Waals surface area (Å²) in [5, 5.41) is 0. The second-order valence-corrected chi connectivity index (χ2v) is 6.43. The summed E-state index contributed by atoms with van der Waals surface area (Å²) in [6, 6.07) is 9.74. The molecule has 0 spiro atoms. The van der Waals surface area contributed by atoms with Gasteiger partial charge in [-0.25, -0.2) is 0 Å². The minimum Gasteiger partial charge on any atom is -0.311 e. The Morgan fingerprint density at radius 3 is 2.91 bits per heavy atom. The van der Waals surface area contributed by atoms with Crippen molar-refractivity contribution in [2.75, 3.05) is 11.4 Å². The van der Waals surface area contributed by atoms with Gasteiger partial charge in [0, 0.05) is 18.4 Å². The lowest BCUT2D eigenvalue weighted by Gasteiger charge is -2.29. The van der Waals surface area contributed by atoms with Crippen LogP contribution in [0.2, 0.25) is 0 Å². The van der Waals surface area contributed by atoms with Crippen LogP contribution in [0.15, 0.2) is 45.8 Å². The quantitative estimate of drug-likeness (QED) is 0.826. The van der Waals surface area contributed by atoms with E-state index in [9.17, 15) is 9.59 Å². The highest BCUT2D eigenvalue weighted by Gasteiger charge is 2.22. The smallest absolute Gasteiger partial charge is 0.265 e. The number of aryl methyl sites for hydroxylation is 2. The van der Waals surface area contributed by atoms with E-state index in [-0.39, 0.29) is 18.0 Å². The first-order chi connectivity index (χ1) is 10.6. The zero-order valence-electron chi connectivity index (χ0n) is 12.4. The van der Waals surface area contributed by atoms with Crippen LogP contribution in [-0.2, 0) is 17.8 Å². The summed E-state index contributed by atoms with van der Waals surface area (Å²) in [5.41, 5.74) is 2.93. The van der Waals surface area contributed by atoms with Crippen LogP contribution in [0.3, 0.4) is 0 Å². The van der Waals surface area contributed by atoms with Gasteiger partial charge in [0.05, 0.1) is 4.47 Å². The standard InChI is InChI=1S/C17H17BrN2O2/c1-12-9-14(18)17(22)19(10-12)11-16(21)20-8-4-6-13-5-2-3-7-15(13)20/h2-3,5,7,9-10H,4,6,8,11H2,1H3. The number of hydrogen-bond donors (Lipinski definition) is 0. The number of amides is 1. The second-order valence-electron chi connectivity index (χ2n) is 5.58. The van der Waals surface area contributed by atoms with Gasteiger partial charge in [-0.05, 0) is 59.0 Å². The highest BCUT2D eigenvalue weighted by molar-refractivity contribution is 9.10. The van der Waals surface area contributed by atoms with Crippen LogP contribution in [0.1, 0.15) is 17.5 Å². The molecule has 4 nitrogen and oxygen atoms in total. The molecule has 1 aliphatic rings. The Morgan fingerprint density at radius 2 is 2.09 bits per heavy atom. The Bertz CT molecular complexity index is 782. The van der Waals surface area contributed by atoms with Crippen molar-refractivity contribution in [3.05, 3.63) is 62.5 Å². The predicted molar refractivity (Wildman–Crippen MR) is 90.3 cm³/mol. The molecular weight excluding hydrogens is 344 g/mol. The van der Waals surface area contributed by atoms with Gasteiger partial charge >= 0.3 is 0 Å². The van der Waals surface area contributed by atoms with Crippen molar-refractivity contribution >= 4 is 27.5 Å². The van der Waals surface area contributed by atoms with Crippen molar-refractivity contribution in [3.8, 4) is 0 Å². The fourth-order valence-electron chi connectivity index (χ4n) is 2.88. The van der Waals surface area contributed by atoms with E-state index >= 15 is 0 Å². The maximum atomic E-state index is 12.7. The maximum absolute atomic E-state index is 12.7. The normalized spacial score (nSPS) is 13.8. The molecule has 0 atom stereocenters. The molecule has 0 radical (unpaired) electrons. The first kappa shape index (κ1) is 15.0. The molecule has 5 heteroatoms. The molecule has 22 heavy (non-hydrogen) atoms. The monoisotopic (exact) mass is 360 g/mol. The van der Waals surface area contributed by atoms with E-state index in [1.54, 1.807) is 17.2 Å². The molecule has 0 bridgehead atoms. The number of aromatic nitrogens is 1. The van der Waals surface area contributed by atoms with E-state index in [0.717, 1.165) is 24.1 Å². The molecule has 2 heterocycles. The van der Waals surface area contributed by atoms with Crippen LogP contribution in [0.5, 0.6) is 0 Å². The summed E-state index contributed by atoms with van der Waals surface area (Å²) in [6.07, 6.45) is 3.67. The van der Waals surface area contributed by atoms with Gasteiger partial charge in [-0.15, -0.1) is 0 Å². The summed E-state index contributed by atoms with van der Waals surface area (Å²) < 4.78 is 1.96. The maximum Gasteiger partial charge on any atom is 0.265 e. The van der Waals surface area contributed by atoms with Gasteiger partial charge in [-0.3, -0.25) is 9.59 Å². The van der Waals surface area contributed by atoms with Crippen LogP contribution in [0, 0.1) is 6.92 Å². The predicted octanol–water partition coefficient (Wildman–Crippen LogP) is 2.90. The Balaban J connectivity index is 1.89. The number of halogens is 1. The number of fused-ring (bicyclic) bond motifs is 1. The molecule has 0 unspecified atom stereocenters. The van der Waals surface area contributed by atoms with Gasteiger partial charge in [-0.2, -0.15) is 0 Å². The molecule has 0 aliphatic carbocycles. The van der Waals surface area contributed by atoms with Crippen LogP contribution >= 0.6 is 15.9 Å². The molecule has 0 N–H and O–H groups in total. The van der Waals surface area contributed by atoms with Crippen molar-refractivity contribution in [2.45, 2.75) is 26.3 Å². The first-order valence-corrected chi connectivity index (χ1v) is 8.10. The van der Waals surface area contributed by atoms with Gasteiger partial charge in [-0.1, -0.05) is 18.2 Å². The third kappa shape index (κ3) is 2.86. The minimum absolute atomic E-state index is 0.0493. The summed E-state index contributed by atoms with van der Waals surface area (Å²) in [7, 11) is 0. The Hall–Kier alpha value is -1.88. The fourth-order valence-corrected chi connectivity index (χ4v) is 3.47. The van der Waals surface area contributed by atoms with Gasteiger partial charge in [0.1, 0.15) is 6.54 Å². The van der Waals surface area contributed by atoms with E-state index in [4.69, 9.17) is 0 Å². The molecule has 1 aromatic carbocycles. The second kappa shape index (κ2) is 6.08. The summed E-state index contributed by atoms with van der Waals surface area (Å²) in [5.74, 6) is -0.0493. The van der Waals surface area contributed by atoms with Crippen molar-refractivity contribution in [1.29, 1.82) is 0 Å². The average Bonchev–Trinajstić information content (AvgIpc) is 2.51. The number of rotatable bonds is 2. The number of anilines is 1. The first-order valence-electron chi connectivity index (χ1n) is 7.31. The largest absolute Gasteiger partial charge is 0.311 e. The lowest BCUT2D eigenvalue weighted by atomic mass is 10.0.